The highest BCUT2D eigenvalue weighted by molar-refractivity contribution is 5.92. The predicted octanol–water partition coefficient (Wildman–Crippen LogP) is 0.0620. The van der Waals surface area contributed by atoms with Crippen molar-refractivity contribution >= 4 is 17.7 Å². The summed E-state index contributed by atoms with van der Waals surface area (Å²) in [6, 6.07) is 15.3. The predicted molar refractivity (Wildman–Crippen MR) is 104 cm³/mol. The van der Waals surface area contributed by atoms with Gasteiger partial charge in [0.1, 0.15) is 6.73 Å². The largest absolute Gasteiger partial charge is 0.366 e. The van der Waals surface area contributed by atoms with E-state index in [4.69, 9.17) is 16.2 Å². The first kappa shape index (κ1) is 21.1. The number of hydrogen-bond donors (Lipinski definition) is 4. The molecule has 0 fully saturated rings. The maximum atomic E-state index is 12.0. The summed E-state index contributed by atoms with van der Waals surface area (Å²) >= 11 is 0. The van der Waals surface area contributed by atoms with Crippen molar-refractivity contribution in [3.8, 4) is 0 Å². The van der Waals surface area contributed by atoms with Crippen LogP contribution in [0.5, 0.6) is 0 Å². The van der Waals surface area contributed by atoms with E-state index in [2.05, 4.69) is 10.6 Å². The molecule has 6 N–H and O–H groups in total. The summed E-state index contributed by atoms with van der Waals surface area (Å²) in [6.45, 7) is 0.0635. The lowest BCUT2D eigenvalue weighted by Crippen LogP contribution is -2.46. The fourth-order valence-electron chi connectivity index (χ4n) is 2.39. The van der Waals surface area contributed by atoms with E-state index >= 15 is 0 Å². The average molecular weight is 384 g/mol. The molecule has 0 aromatic heterocycles. The van der Waals surface area contributed by atoms with E-state index < -0.39 is 17.9 Å². The van der Waals surface area contributed by atoms with Gasteiger partial charge in [0.2, 0.25) is 17.7 Å². The normalized spacial score (nSPS) is 11.5. The summed E-state index contributed by atoms with van der Waals surface area (Å²) in [5, 5.41) is 5.04. The fraction of sp³-hybridized carbons (Fsp3) is 0.250. The van der Waals surface area contributed by atoms with E-state index in [9.17, 15) is 14.4 Å². The van der Waals surface area contributed by atoms with Crippen LogP contribution in [0.1, 0.15) is 21.5 Å². The van der Waals surface area contributed by atoms with E-state index in [1.54, 1.807) is 24.3 Å². The van der Waals surface area contributed by atoms with Crippen LogP contribution in [0, 0.1) is 0 Å². The van der Waals surface area contributed by atoms with Crippen LogP contribution in [0.25, 0.3) is 0 Å². The Kier molecular flexibility index (Phi) is 8.13. The Hall–Kier alpha value is -3.23. The number of carbonyl (C=O) groups is 3. The molecule has 0 saturated carbocycles. The van der Waals surface area contributed by atoms with Crippen molar-refractivity contribution in [2.24, 2.45) is 11.5 Å². The number of nitrogens with two attached hydrogens (primary N) is 2. The van der Waals surface area contributed by atoms with Gasteiger partial charge in [0, 0.05) is 5.56 Å². The van der Waals surface area contributed by atoms with Gasteiger partial charge in [-0.25, -0.2) is 0 Å². The lowest BCUT2D eigenvalue weighted by molar-refractivity contribution is -0.127. The number of hydrogen-bond acceptors (Lipinski definition) is 5. The summed E-state index contributed by atoms with van der Waals surface area (Å²) in [6.07, 6.45) is 0.395. The van der Waals surface area contributed by atoms with Crippen molar-refractivity contribution in [1.29, 1.82) is 0 Å². The molecular weight excluding hydrogens is 360 g/mol. The molecular formula is C20H24N4O4. The number of ether oxygens (including phenoxy) is 1. The number of rotatable bonds is 10. The van der Waals surface area contributed by atoms with E-state index in [1.807, 2.05) is 30.3 Å². The second-order valence-electron chi connectivity index (χ2n) is 6.17. The summed E-state index contributed by atoms with van der Waals surface area (Å²) in [5.74, 6) is -1.27. The number of primary amides is 1. The van der Waals surface area contributed by atoms with Gasteiger partial charge in [0.05, 0.1) is 19.2 Å². The lowest BCUT2D eigenvalue weighted by atomic mass is 10.1. The van der Waals surface area contributed by atoms with Crippen molar-refractivity contribution in [2.75, 3.05) is 13.3 Å². The molecule has 0 saturated heterocycles. The lowest BCUT2D eigenvalue weighted by Gasteiger charge is -2.12. The Bertz CT molecular complexity index is 794. The summed E-state index contributed by atoms with van der Waals surface area (Å²) in [4.78, 5) is 34.7. The van der Waals surface area contributed by atoms with Gasteiger partial charge >= 0.3 is 0 Å². The minimum absolute atomic E-state index is 0.0116. The second kappa shape index (κ2) is 10.8. The molecule has 2 rings (SSSR count). The van der Waals surface area contributed by atoms with Crippen molar-refractivity contribution in [1.82, 2.24) is 10.6 Å². The number of carbonyl (C=O) groups excluding carboxylic acids is 3. The summed E-state index contributed by atoms with van der Waals surface area (Å²) in [5.41, 5.74) is 13.2. The van der Waals surface area contributed by atoms with Crippen LogP contribution in [-0.2, 0) is 27.4 Å². The Labute approximate surface area is 163 Å². The topological polar surface area (TPSA) is 137 Å². The van der Waals surface area contributed by atoms with E-state index in [1.165, 1.54) is 0 Å². The summed E-state index contributed by atoms with van der Waals surface area (Å²) < 4.78 is 5.34. The minimum Gasteiger partial charge on any atom is -0.366 e. The zero-order valence-corrected chi connectivity index (χ0v) is 15.4. The van der Waals surface area contributed by atoms with Crippen LogP contribution in [0.4, 0.5) is 0 Å². The van der Waals surface area contributed by atoms with E-state index in [0.717, 1.165) is 11.1 Å². The van der Waals surface area contributed by atoms with Gasteiger partial charge in [-0.05, 0) is 29.7 Å². The molecule has 8 nitrogen and oxygen atoms in total. The molecule has 0 aliphatic heterocycles. The first-order valence-electron chi connectivity index (χ1n) is 8.76. The zero-order valence-electron chi connectivity index (χ0n) is 15.4. The summed E-state index contributed by atoms with van der Waals surface area (Å²) in [7, 11) is 0. The maximum absolute atomic E-state index is 12.0. The molecule has 148 valence electrons. The molecule has 2 aromatic rings. The van der Waals surface area contributed by atoms with Crippen LogP contribution < -0.4 is 22.1 Å². The molecule has 0 bridgehead atoms. The Morgan fingerprint density at radius 3 is 2.25 bits per heavy atom. The highest BCUT2D eigenvalue weighted by Gasteiger charge is 2.14. The number of benzene rings is 2. The van der Waals surface area contributed by atoms with Crippen molar-refractivity contribution in [3.63, 3.8) is 0 Å². The standard InChI is InChI=1S/C20H24N4O4/c21-17(10-14-4-2-1-3-5-14)20(27)23-11-18(25)24-13-28-12-15-6-8-16(9-7-15)19(22)26/h1-9,17H,10-13,21H2,(H2,22,26)(H,23,27)(H,24,25)/t17-/m0/s1. The second-order valence-corrected chi connectivity index (χ2v) is 6.17. The first-order valence-corrected chi connectivity index (χ1v) is 8.76. The molecule has 0 spiro atoms. The Morgan fingerprint density at radius 2 is 1.61 bits per heavy atom. The third-order valence-electron chi connectivity index (χ3n) is 3.94. The molecule has 0 unspecified atom stereocenters. The number of nitrogens with one attached hydrogen (secondary N) is 2. The molecule has 8 heteroatoms. The number of amides is 3. The van der Waals surface area contributed by atoms with Gasteiger partial charge in [0.25, 0.3) is 0 Å². The van der Waals surface area contributed by atoms with Crippen LogP contribution in [0.3, 0.4) is 0 Å². The van der Waals surface area contributed by atoms with E-state index in [0.29, 0.717) is 12.0 Å². The van der Waals surface area contributed by atoms with Gasteiger partial charge in [-0.1, -0.05) is 42.5 Å². The minimum atomic E-state index is -0.727. The Balaban J connectivity index is 1.61. The van der Waals surface area contributed by atoms with Crippen LogP contribution in [-0.4, -0.2) is 37.0 Å². The highest BCUT2D eigenvalue weighted by atomic mass is 16.5. The van der Waals surface area contributed by atoms with Gasteiger partial charge in [-0.2, -0.15) is 0 Å². The molecule has 1 atom stereocenters. The van der Waals surface area contributed by atoms with Crippen LogP contribution in [0.15, 0.2) is 54.6 Å². The average Bonchev–Trinajstić information content (AvgIpc) is 2.70. The quantitative estimate of drug-likeness (QED) is 0.339. The molecule has 2 aromatic carbocycles. The third kappa shape index (κ3) is 7.18. The Morgan fingerprint density at radius 1 is 0.929 bits per heavy atom. The zero-order chi connectivity index (χ0) is 20.4. The van der Waals surface area contributed by atoms with E-state index in [-0.39, 0.29) is 25.8 Å². The molecule has 0 heterocycles. The molecule has 3 amide bonds. The maximum Gasteiger partial charge on any atom is 0.248 e. The van der Waals surface area contributed by atoms with Crippen molar-refractivity contribution in [3.05, 3.63) is 71.3 Å². The van der Waals surface area contributed by atoms with Crippen LogP contribution >= 0.6 is 0 Å². The molecule has 0 aliphatic rings. The highest BCUT2D eigenvalue weighted by Crippen LogP contribution is 2.05. The first-order chi connectivity index (χ1) is 13.5. The van der Waals surface area contributed by atoms with Crippen molar-refractivity contribution in [2.45, 2.75) is 19.1 Å². The monoisotopic (exact) mass is 384 g/mol. The van der Waals surface area contributed by atoms with Crippen molar-refractivity contribution < 1.29 is 19.1 Å². The fourth-order valence-corrected chi connectivity index (χ4v) is 2.39. The van der Waals surface area contributed by atoms with Gasteiger partial charge in [-0.15, -0.1) is 0 Å². The SMILES string of the molecule is NC(=O)c1ccc(COCNC(=O)CNC(=O)[C@@H](N)Cc2ccccc2)cc1. The molecule has 0 aliphatic carbocycles. The van der Waals surface area contributed by atoms with Crippen LogP contribution in [0.2, 0.25) is 0 Å². The van der Waals surface area contributed by atoms with Gasteiger partial charge < -0.3 is 26.8 Å². The molecule has 0 radical (unpaired) electrons. The third-order valence-corrected chi connectivity index (χ3v) is 3.94. The molecule has 28 heavy (non-hydrogen) atoms. The van der Waals surface area contributed by atoms with Gasteiger partial charge in [0.15, 0.2) is 0 Å². The van der Waals surface area contributed by atoms with Gasteiger partial charge in [-0.3, -0.25) is 14.4 Å². The smallest absolute Gasteiger partial charge is 0.248 e.